The van der Waals surface area contributed by atoms with Gasteiger partial charge in [0.05, 0.1) is 0 Å². The van der Waals surface area contributed by atoms with Crippen molar-refractivity contribution in [1.29, 1.82) is 0 Å². The van der Waals surface area contributed by atoms with Gasteiger partial charge in [-0.05, 0) is 67.1 Å². The minimum absolute atomic E-state index is 0.0541. The fourth-order valence-corrected chi connectivity index (χ4v) is 3.32. The summed E-state index contributed by atoms with van der Waals surface area (Å²) in [7, 11) is 0. The lowest BCUT2D eigenvalue weighted by molar-refractivity contribution is -0.116. The summed E-state index contributed by atoms with van der Waals surface area (Å²) in [6, 6.07) is 14.7. The third kappa shape index (κ3) is 5.33. The van der Waals surface area contributed by atoms with Crippen molar-refractivity contribution in [2.24, 2.45) is 5.92 Å². The third-order valence-electron chi connectivity index (χ3n) is 5.08. The molecule has 0 radical (unpaired) electrons. The molecule has 0 aromatic heterocycles. The summed E-state index contributed by atoms with van der Waals surface area (Å²) in [5, 5.41) is 2.88. The molecule has 0 spiro atoms. The van der Waals surface area contributed by atoms with E-state index < -0.39 is 0 Å². The van der Waals surface area contributed by atoms with Gasteiger partial charge < -0.3 is 16.0 Å². The highest BCUT2D eigenvalue weighted by atomic mass is 16.2. The summed E-state index contributed by atoms with van der Waals surface area (Å²) in [5.41, 5.74) is 8.88. The van der Waals surface area contributed by atoms with E-state index in [1.165, 1.54) is 0 Å². The second-order valence-corrected chi connectivity index (χ2v) is 7.35. The zero-order valence-corrected chi connectivity index (χ0v) is 15.8. The first-order chi connectivity index (χ1) is 13.0. The van der Waals surface area contributed by atoms with E-state index in [2.05, 4.69) is 12.2 Å². The number of piperidine rings is 1. The molecule has 0 saturated carbocycles. The van der Waals surface area contributed by atoms with Crippen LogP contribution in [0.25, 0.3) is 0 Å². The van der Waals surface area contributed by atoms with Crippen LogP contribution < -0.4 is 11.1 Å². The number of nitrogens with zero attached hydrogens (tertiary/aromatic N) is 1. The molecule has 2 aromatic rings. The van der Waals surface area contributed by atoms with E-state index in [0.29, 0.717) is 35.7 Å². The summed E-state index contributed by atoms with van der Waals surface area (Å²) < 4.78 is 0. The molecule has 1 aliphatic heterocycles. The molecule has 27 heavy (non-hydrogen) atoms. The van der Waals surface area contributed by atoms with E-state index in [0.717, 1.165) is 31.5 Å². The maximum Gasteiger partial charge on any atom is 0.253 e. The lowest BCUT2D eigenvalue weighted by atomic mass is 9.98. The molecular weight excluding hydrogens is 338 g/mol. The fraction of sp³-hybridized carbons (Fsp3) is 0.364. The highest BCUT2D eigenvalue weighted by Gasteiger charge is 2.21. The number of nitrogen functional groups attached to an aromatic ring is 1. The van der Waals surface area contributed by atoms with Crippen LogP contribution in [0, 0.1) is 5.92 Å². The van der Waals surface area contributed by atoms with Crippen molar-refractivity contribution in [3.8, 4) is 0 Å². The van der Waals surface area contributed by atoms with Crippen LogP contribution in [0.1, 0.15) is 42.1 Å². The maximum absolute atomic E-state index is 12.6. The normalized spacial score (nSPS) is 14.8. The molecule has 142 valence electrons. The lowest BCUT2D eigenvalue weighted by Gasteiger charge is -2.30. The average Bonchev–Trinajstić information content (AvgIpc) is 2.67. The molecule has 5 heteroatoms. The summed E-state index contributed by atoms with van der Waals surface area (Å²) in [6.07, 6.45) is 3.15. The molecule has 0 atom stereocenters. The van der Waals surface area contributed by atoms with Crippen molar-refractivity contribution in [3.63, 3.8) is 0 Å². The predicted octanol–water partition coefficient (Wildman–Crippen LogP) is 3.71. The van der Waals surface area contributed by atoms with Gasteiger partial charge in [0.2, 0.25) is 5.91 Å². The van der Waals surface area contributed by atoms with Gasteiger partial charge in [-0.3, -0.25) is 9.59 Å². The lowest BCUT2D eigenvalue weighted by Crippen LogP contribution is -2.37. The molecule has 0 unspecified atom stereocenters. The smallest absolute Gasteiger partial charge is 0.253 e. The largest absolute Gasteiger partial charge is 0.399 e. The highest BCUT2D eigenvalue weighted by Crippen LogP contribution is 2.19. The number of hydrogen-bond donors (Lipinski definition) is 2. The number of carbonyl (C=O) groups is 2. The minimum atomic E-state index is -0.0541. The Morgan fingerprint density at radius 3 is 2.48 bits per heavy atom. The zero-order valence-electron chi connectivity index (χ0n) is 15.8. The van der Waals surface area contributed by atoms with E-state index in [4.69, 9.17) is 5.73 Å². The van der Waals surface area contributed by atoms with E-state index in [1.54, 1.807) is 24.3 Å². The van der Waals surface area contributed by atoms with E-state index in [-0.39, 0.29) is 11.8 Å². The van der Waals surface area contributed by atoms with Gasteiger partial charge in [0.15, 0.2) is 0 Å². The van der Waals surface area contributed by atoms with Gasteiger partial charge in [-0.15, -0.1) is 0 Å². The molecule has 0 aliphatic carbocycles. The molecule has 3 rings (SSSR count). The van der Waals surface area contributed by atoms with Crippen molar-refractivity contribution in [1.82, 2.24) is 4.90 Å². The topological polar surface area (TPSA) is 75.4 Å². The quantitative estimate of drug-likeness (QED) is 0.793. The van der Waals surface area contributed by atoms with Crippen LogP contribution in [0.15, 0.2) is 48.5 Å². The number of aryl methyl sites for hydroxylation is 1. The number of nitrogens with one attached hydrogen (secondary N) is 1. The minimum Gasteiger partial charge on any atom is -0.399 e. The fourth-order valence-electron chi connectivity index (χ4n) is 3.32. The Morgan fingerprint density at radius 1 is 1.11 bits per heavy atom. The molecule has 2 amide bonds. The standard InChI is InChI=1S/C22H27N3O2/c1-16-11-13-25(14-12-16)22(27)18-6-8-20(9-7-18)24-21(26)10-5-17-3-2-4-19(23)15-17/h2-4,6-9,15-16H,5,10-14,23H2,1H3,(H,24,26). The summed E-state index contributed by atoms with van der Waals surface area (Å²) in [5.74, 6) is 0.710. The van der Waals surface area contributed by atoms with Crippen molar-refractivity contribution < 1.29 is 9.59 Å². The summed E-state index contributed by atoms with van der Waals surface area (Å²) in [4.78, 5) is 26.6. The first kappa shape index (κ1) is 19.0. The average molecular weight is 365 g/mol. The van der Waals surface area contributed by atoms with Gasteiger partial charge in [0.1, 0.15) is 0 Å². The van der Waals surface area contributed by atoms with Gasteiger partial charge >= 0.3 is 0 Å². The van der Waals surface area contributed by atoms with E-state index in [1.807, 2.05) is 29.2 Å². The first-order valence-electron chi connectivity index (χ1n) is 9.55. The Kier molecular flexibility index (Phi) is 6.12. The molecular formula is C22H27N3O2. The second-order valence-electron chi connectivity index (χ2n) is 7.35. The number of carbonyl (C=O) groups excluding carboxylic acids is 2. The Morgan fingerprint density at radius 2 is 1.81 bits per heavy atom. The summed E-state index contributed by atoms with van der Waals surface area (Å²) in [6.45, 7) is 3.87. The molecule has 2 aromatic carbocycles. The molecule has 1 fully saturated rings. The van der Waals surface area contributed by atoms with Gasteiger partial charge in [-0.25, -0.2) is 0 Å². The number of hydrogen-bond acceptors (Lipinski definition) is 3. The van der Waals surface area contributed by atoms with Gasteiger partial charge in [0.25, 0.3) is 5.91 Å². The van der Waals surface area contributed by atoms with Crippen LogP contribution in [0.5, 0.6) is 0 Å². The molecule has 1 heterocycles. The first-order valence-corrected chi connectivity index (χ1v) is 9.55. The van der Waals surface area contributed by atoms with Crippen molar-refractivity contribution in [2.45, 2.75) is 32.6 Å². The van der Waals surface area contributed by atoms with Crippen LogP contribution in [0.4, 0.5) is 11.4 Å². The predicted molar refractivity (Wildman–Crippen MR) is 109 cm³/mol. The van der Waals surface area contributed by atoms with Gasteiger partial charge in [-0.2, -0.15) is 0 Å². The summed E-state index contributed by atoms with van der Waals surface area (Å²) >= 11 is 0. The molecule has 1 aliphatic rings. The Balaban J connectivity index is 1.51. The van der Waals surface area contributed by atoms with Crippen molar-refractivity contribution in [3.05, 3.63) is 59.7 Å². The SMILES string of the molecule is CC1CCN(C(=O)c2ccc(NC(=O)CCc3cccc(N)c3)cc2)CC1. The molecule has 1 saturated heterocycles. The van der Waals surface area contributed by atoms with Gasteiger partial charge in [0, 0.05) is 36.4 Å². The van der Waals surface area contributed by atoms with E-state index in [9.17, 15) is 9.59 Å². The van der Waals surface area contributed by atoms with Crippen molar-refractivity contribution >= 4 is 23.2 Å². The van der Waals surface area contributed by atoms with E-state index >= 15 is 0 Å². The zero-order chi connectivity index (χ0) is 19.2. The van der Waals surface area contributed by atoms with Crippen LogP contribution >= 0.6 is 0 Å². The molecule has 5 nitrogen and oxygen atoms in total. The third-order valence-corrected chi connectivity index (χ3v) is 5.08. The number of benzene rings is 2. The van der Waals surface area contributed by atoms with Crippen LogP contribution in [0.3, 0.4) is 0 Å². The Bertz CT molecular complexity index is 793. The second kappa shape index (κ2) is 8.71. The molecule has 3 N–H and O–H groups in total. The number of rotatable bonds is 5. The molecule has 0 bridgehead atoms. The maximum atomic E-state index is 12.6. The van der Waals surface area contributed by atoms with Crippen LogP contribution in [0.2, 0.25) is 0 Å². The Labute approximate surface area is 160 Å². The number of anilines is 2. The monoisotopic (exact) mass is 365 g/mol. The number of likely N-dealkylation sites (tertiary alicyclic amines) is 1. The van der Waals surface area contributed by atoms with Crippen LogP contribution in [-0.2, 0) is 11.2 Å². The Hall–Kier alpha value is -2.82. The number of nitrogens with two attached hydrogens (primary N) is 1. The number of amides is 2. The van der Waals surface area contributed by atoms with Gasteiger partial charge in [-0.1, -0.05) is 19.1 Å². The van der Waals surface area contributed by atoms with Crippen LogP contribution in [-0.4, -0.2) is 29.8 Å². The highest BCUT2D eigenvalue weighted by molar-refractivity contribution is 5.96. The van der Waals surface area contributed by atoms with Crippen molar-refractivity contribution in [2.75, 3.05) is 24.1 Å².